The summed E-state index contributed by atoms with van der Waals surface area (Å²) < 4.78 is 12.9. The van der Waals surface area contributed by atoms with Crippen LogP contribution in [0.3, 0.4) is 0 Å². The van der Waals surface area contributed by atoms with Crippen LogP contribution in [0, 0.1) is 5.82 Å². The van der Waals surface area contributed by atoms with E-state index in [1.165, 1.54) is 6.20 Å². The molecular formula is C8H5ClFNO2. The van der Waals surface area contributed by atoms with Crippen LogP contribution >= 0.6 is 11.6 Å². The molecule has 1 aromatic rings. The number of pyridine rings is 1. The molecule has 0 saturated heterocycles. The van der Waals surface area contributed by atoms with Crippen LogP contribution < -0.4 is 0 Å². The standard InChI is InChI=1S/C8H5ClFNO2/c9-5-3-6(10)7(11-4-5)1-2-8(12)13/h1-4H,(H,12,13). The molecule has 0 bridgehead atoms. The van der Waals surface area contributed by atoms with E-state index in [0.29, 0.717) is 0 Å². The van der Waals surface area contributed by atoms with Crippen LogP contribution in [0.25, 0.3) is 6.08 Å². The minimum Gasteiger partial charge on any atom is -0.478 e. The lowest BCUT2D eigenvalue weighted by atomic mass is 10.3. The molecule has 5 heteroatoms. The Morgan fingerprint density at radius 3 is 2.92 bits per heavy atom. The number of carboxylic acid groups (broad SMARTS) is 1. The van der Waals surface area contributed by atoms with E-state index in [1.54, 1.807) is 0 Å². The Labute approximate surface area is 78.5 Å². The lowest BCUT2D eigenvalue weighted by Gasteiger charge is -1.94. The zero-order valence-electron chi connectivity index (χ0n) is 6.37. The smallest absolute Gasteiger partial charge is 0.328 e. The minimum absolute atomic E-state index is 0.0493. The maximum absolute atomic E-state index is 12.9. The van der Waals surface area contributed by atoms with E-state index in [0.717, 1.165) is 18.2 Å². The Hall–Kier alpha value is -1.42. The van der Waals surface area contributed by atoms with Crippen molar-refractivity contribution in [3.8, 4) is 0 Å². The molecule has 0 unspecified atom stereocenters. The lowest BCUT2D eigenvalue weighted by molar-refractivity contribution is -0.131. The molecule has 3 nitrogen and oxygen atoms in total. The number of hydrogen-bond donors (Lipinski definition) is 1. The van der Waals surface area contributed by atoms with Crippen molar-refractivity contribution in [2.24, 2.45) is 0 Å². The summed E-state index contributed by atoms with van der Waals surface area (Å²) in [5.74, 6) is -1.80. The molecule has 13 heavy (non-hydrogen) atoms. The highest BCUT2D eigenvalue weighted by Crippen LogP contribution is 2.12. The second-order valence-corrected chi connectivity index (χ2v) is 2.63. The number of aliphatic carboxylic acids is 1. The van der Waals surface area contributed by atoms with Crippen LogP contribution in [0.5, 0.6) is 0 Å². The quantitative estimate of drug-likeness (QED) is 0.745. The average molecular weight is 202 g/mol. The molecule has 68 valence electrons. The topological polar surface area (TPSA) is 50.2 Å². The summed E-state index contributed by atoms with van der Waals surface area (Å²) in [6.45, 7) is 0. The van der Waals surface area contributed by atoms with E-state index in [1.807, 2.05) is 0 Å². The SMILES string of the molecule is O=C(O)C=Cc1ncc(Cl)cc1F. The highest BCUT2D eigenvalue weighted by molar-refractivity contribution is 6.30. The van der Waals surface area contributed by atoms with E-state index in [-0.39, 0.29) is 10.7 Å². The first-order valence-corrected chi connectivity index (χ1v) is 3.69. The van der Waals surface area contributed by atoms with Crippen molar-refractivity contribution in [1.82, 2.24) is 4.98 Å². The molecule has 1 rings (SSSR count). The molecule has 0 fully saturated rings. The Morgan fingerprint density at radius 2 is 2.38 bits per heavy atom. The molecule has 0 amide bonds. The van der Waals surface area contributed by atoms with Gasteiger partial charge in [0.05, 0.1) is 10.7 Å². The Bertz CT molecular complexity index is 365. The molecule has 0 aliphatic rings. The molecule has 0 saturated carbocycles. The first-order chi connectivity index (χ1) is 6.09. The summed E-state index contributed by atoms with van der Waals surface area (Å²) in [6, 6.07) is 1.07. The summed E-state index contributed by atoms with van der Waals surface area (Å²) in [4.78, 5) is 13.7. The van der Waals surface area contributed by atoms with Crippen LogP contribution in [-0.2, 0) is 4.79 Å². The van der Waals surface area contributed by atoms with E-state index in [4.69, 9.17) is 16.7 Å². The van der Waals surface area contributed by atoms with Gasteiger partial charge in [-0.3, -0.25) is 4.98 Å². The summed E-state index contributed by atoms with van der Waals surface area (Å²) in [7, 11) is 0. The molecule has 1 aromatic heterocycles. The van der Waals surface area contributed by atoms with Crippen molar-refractivity contribution < 1.29 is 14.3 Å². The average Bonchev–Trinajstić information content (AvgIpc) is 2.02. The number of hydrogen-bond acceptors (Lipinski definition) is 2. The highest BCUT2D eigenvalue weighted by atomic mass is 35.5. The van der Waals surface area contributed by atoms with Gasteiger partial charge in [0.2, 0.25) is 0 Å². The molecule has 0 aliphatic carbocycles. The van der Waals surface area contributed by atoms with Crippen LogP contribution in [0.2, 0.25) is 5.02 Å². The fourth-order valence-electron chi connectivity index (χ4n) is 0.698. The number of halogens is 2. The number of aromatic nitrogens is 1. The zero-order chi connectivity index (χ0) is 9.84. The monoisotopic (exact) mass is 201 g/mol. The second kappa shape index (κ2) is 4.00. The van der Waals surface area contributed by atoms with Crippen molar-refractivity contribution >= 4 is 23.6 Å². The van der Waals surface area contributed by atoms with Crippen LogP contribution in [0.15, 0.2) is 18.3 Å². The maximum Gasteiger partial charge on any atom is 0.328 e. The summed E-state index contributed by atoms with van der Waals surface area (Å²) in [6.07, 6.45) is 3.11. The molecule has 1 heterocycles. The number of carboxylic acids is 1. The van der Waals surface area contributed by atoms with Gasteiger partial charge in [-0.15, -0.1) is 0 Å². The molecular weight excluding hydrogens is 197 g/mol. The third-order valence-corrected chi connectivity index (χ3v) is 1.43. The summed E-state index contributed by atoms with van der Waals surface area (Å²) >= 11 is 5.44. The predicted molar refractivity (Wildman–Crippen MR) is 45.9 cm³/mol. The Kier molecular flexibility index (Phi) is 2.97. The first kappa shape index (κ1) is 9.67. The normalized spacial score (nSPS) is 10.6. The number of rotatable bonds is 2. The fraction of sp³-hybridized carbons (Fsp3) is 0. The van der Waals surface area contributed by atoms with Crippen LogP contribution in [-0.4, -0.2) is 16.1 Å². The van der Waals surface area contributed by atoms with Gasteiger partial charge in [0.15, 0.2) is 0 Å². The van der Waals surface area contributed by atoms with Crippen LogP contribution in [0.4, 0.5) is 4.39 Å². The highest BCUT2D eigenvalue weighted by Gasteiger charge is 2.00. The van der Waals surface area contributed by atoms with Crippen molar-refractivity contribution in [3.63, 3.8) is 0 Å². The van der Waals surface area contributed by atoms with Gasteiger partial charge in [-0.25, -0.2) is 9.18 Å². The van der Waals surface area contributed by atoms with Gasteiger partial charge in [-0.2, -0.15) is 0 Å². The Balaban J connectivity index is 2.96. The third kappa shape index (κ3) is 2.83. The summed E-state index contributed by atoms with van der Waals surface area (Å²) in [5, 5.41) is 8.43. The predicted octanol–water partition coefficient (Wildman–Crippen LogP) is 1.97. The maximum atomic E-state index is 12.9. The number of carbonyl (C=O) groups is 1. The first-order valence-electron chi connectivity index (χ1n) is 3.31. The second-order valence-electron chi connectivity index (χ2n) is 2.19. The minimum atomic E-state index is -1.16. The third-order valence-electron chi connectivity index (χ3n) is 1.22. The molecule has 1 N–H and O–H groups in total. The van der Waals surface area contributed by atoms with Crippen molar-refractivity contribution in [2.45, 2.75) is 0 Å². The van der Waals surface area contributed by atoms with E-state index in [9.17, 15) is 9.18 Å². The summed E-state index contributed by atoms with van der Waals surface area (Å²) in [5.41, 5.74) is -0.0493. The largest absolute Gasteiger partial charge is 0.478 e. The van der Waals surface area contributed by atoms with Gasteiger partial charge in [0.25, 0.3) is 0 Å². The van der Waals surface area contributed by atoms with Crippen LogP contribution in [0.1, 0.15) is 5.69 Å². The molecule has 0 atom stereocenters. The van der Waals surface area contributed by atoms with Gasteiger partial charge in [-0.1, -0.05) is 11.6 Å². The molecule has 0 aliphatic heterocycles. The number of nitrogens with zero attached hydrogens (tertiary/aromatic N) is 1. The molecule has 0 spiro atoms. The molecule has 0 radical (unpaired) electrons. The van der Waals surface area contributed by atoms with Crippen molar-refractivity contribution in [2.75, 3.05) is 0 Å². The van der Waals surface area contributed by atoms with Gasteiger partial charge < -0.3 is 5.11 Å². The zero-order valence-corrected chi connectivity index (χ0v) is 7.12. The van der Waals surface area contributed by atoms with E-state index < -0.39 is 11.8 Å². The van der Waals surface area contributed by atoms with E-state index in [2.05, 4.69) is 4.98 Å². The van der Waals surface area contributed by atoms with Crippen molar-refractivity contribution in [1.29, 1.82) is 0 Å². The van der Waals surface area contributed by atoms with Gasteiger partial charge >= 0.3 is 5.97 Å². The molecule has 0 aromatic carbocycles. The van der Waals surface area contributed by atoms with Crippen molar-refractivity contribution in [3.05, 3.63) is 34.9 Å². The fourth-order valence-corrected chi connectivity index (χ4v) is 0.843. The van der Waals surface area contributed by atoms with Gasteiger partial charge in [0, 0.05) is 12.3 Å². The van der Waals surface area contributed by atoms with E-state index >= 15 is 0 Å². The van der Waals surface area contributed by atoms with Gasteiger partial charge in [0.1, 0.15) is 5.82 Å². The van der Waals surface area contributed by atoms with Gasteiger partial charge in [-0.05, 0) is 12.1 Å². The Morgan fingerprint density at radius 1 is 1.69 bits per heavy atom. The lowest BCUT2D eigenvalue weighted by Crippen LogP contribution is -1.90.